The molecule has 1 amide bonds. The zero-order valence-corrected chi connectivity index (χ0v) is 30.5. The Hall–Kier alpha value is -2.28. The van der Waals surface area contributed by atoms with E-state index < -0.39 is 47.7 Å². The number of cyclic esters (lactones) is 1. The SMILES string of the molecule is CCCN1CCN(C(=O)OC2C=CC(C)C(C(C)=CC=CC(C)(O)CC3OC3C(C)C(O)CC)OC(=O)CC(O)CCC2(C)OC)CC1. The first-order valence-corrected chi connectivity index (χ1v) is 17.8. The maximum atomic E-state index is 13.4. The first kappa shape index (κ1) is 40.2. The van der Waals surface area contributed by atoms with Crippen LogP contribution >= 0.6 is 0 Å². The third kappa shape index (κ3) is 11.7. The predicted molar refractivity (Wildman–Crippen MR) is 184 cm³/mol. The van der Waals surface area contributed by atoms with Crippen molar-refractivity contribution in [1.82, 2.24) is 9.80 Å². The fourth-order valence-corrected chi connectivity index (χ4v) is 6.66. The molecule has 3 aliphatic heterocycles. The lowest BCUT2D eigenvalue weighted by atomic mass is 9.88. The number of hydrogen-bond donors (Lipinski definition) is 3. The Morgan fingerprint density at radius 3 is 2.54 bits per heavy atom. The number of allylic oxidation sites excluding steroid dienone is 2. The molecular formula is C37H62N2O9. The van der Waals surface area contributed by atoms with E-state index in [1.54, 1.807) is 31.1 Å². The third-order valence-electron chi connectivity index (χ3n) is 10.2. The molecule has 0 spiro atoms. The number of carbonyl (C=O) groups is 2. The molecule has 274 valence electrons. The number of amides is 1. The van der Waals surface area contributed by atoms with Gasteiger partial charge in [-0.3, -0.25) is 9.69 Å². The lowest BCUT2D eigenvalue weighted by Gasteiger charge is -2.38. The van der Waals surface area contributed by atoms with Crippen molar-refractivity contribution >= 4 is 12.1 Å². The second kappa shape index (κ2) is 18.1. The molecule has 3 N–H and O–H groups in total. The Kier molecular flexibility index (Phi) is 15.1. The van der Waals surface area contributed by atoms with Gasteiger partial charge in [0.1, 0.15) is 11.7 Å². The highest BCUT2D eigenvalue weighted by Gasteiger charge is 2.47. The Morgan fingerprint density at radius 1 is 1.23 bits per heavy atom. The smallest absolute Gasteiger partial charge is 0.410 e. The minimum atomic E-state index is -1.14. The van der Waals surface area contributed by atoms with Gasteiger partial charge in [0.2, 0.25) is 0 Å². The quantitative estimate of drug-likeness (QED) is 0.118. The molecule has 11 nitrogen and oxygen atoms in total. The number of carbonyl (C=O) groups excluding carboxylic acids is 2. The first-order chi connectivity index (χ1) is 22.6. The van der Waals surface area contributed by atoms with Crippen LogP contribution in [0.1, 0.15) is 87.0 Å². The molecule has 3 aliphatic rings. The van der Waals surface area contributed by atoms with Crippen molar-refractivity contribution in [2.75, 3.05) is 39.8 Å². The Labute approximate surface area is 287 Å². The first-order valence-electron chi connectivity index (χ1n) is 17.8. The number of esters is 1. The standard InChI is InChI=1S/C37H62N2O9/c1-9-18-38-19-21-39(22-20-38)35(43)47-31-14-13-26(4)33(48-32(42)23-28(40)15-17-37(31,7)45-8)25(3)12-11-16-36(6,44)24-30-34(46-30)27(5)29(41)10-2/h11-14,16,26-31,33-34,40-41,44H,9-10,15,17-24H2,1-8H3. The Morgan fingerprint density at radius 2 is 1.92 bits per heavy atom. The summed E-state index contributed by atoms with van der Waals surface area (Å²) in [4.78, 5) is 30.4. The van der Waals surface area contributed by atoms with E-state index in [1.165, 1.54) is 0 Å². The van der Waals surface area contributed by atoms with E-state index in [9.17, 15) is 24.9 Å². The van der Waals surface area contributed by atoms with Crippen LogP contribution in [0.2, 0.25) is 0 Å². The average molecular weight is 679 g/mol. The topological polar surface area (TPSA) is 142 Å². The lowest BCUT2D eigenvalue weighted by molar-refractivity contribution is -0.151. The summed E-state index contributed by atoms with van der Waals surface area (Å²) >= 11 is 0. The van der Waals surface area contributed by atoms with Crippen molar-refractivity contribution in [2.45, 2.75) is 135 Å². The number of piperazine rings is 1. The largest absolute Gasteiger partial charge is 0.457 e. The van der Waals surface area contributed by atoms with Crippen molar-refractivity contribution < 1.29 is 43.9 Å². The monoisotopic (exact) mass is 678 g/mol. The number of epoxide rings is 1. The van der Waals surface area contributed by atoms with Crippen LogP contribution in [-0.4, -0.2) is 125 Å². The van der Waals surface area contributed by atoms with Gasteiger partial charge < -0.3 is 39.2 Å². The molecule has 10 unspecified atom stereocenters. The average Bonchev–Trinajstić information content (AvgIpc) is 3.81. The van der Waals surface area contributed by atoms with Gasteiger partial charge >= 0.3 is 12.1 Å². The normalized spacial score (nSPS) is 33.7. The van der Waals surface area contributed by atoms with E-state index in [2.05, 4.69) is 11.8 Å². The predicted octanol–water partition coefficient (Wildman–Crippen LogP) is 4.39. The summed E-state index contributed by atoms with van der Waals surface area (Å²) in [7, 11) is 1.57. The van der Waals surface area contributed by atoms with Crippen molar-refractivity contribution in [2.24, 2.45) is 11.8 Å². The Bertz CT molecular complexity index is 1130. The summed E-state index contributed by atoms with van der Waals surface area (Å²) in [5, 5.41) is 31.9. The minimum absolute atomic E-state index is 0.00286. The number of hydrogen-bond acceptors (Lipinski definition) is 10. The molecule has 0 bridgehead atoms. The van der Waals surface area contributed by atoms with Gasteiger partial charge in [0.05, 0.1) is 36.4 Å². The summed E-state index contributed by atoms with van der Waals surface area (Å²) in [6.07, 6.45) is 8.09. The van der Waals surface area contributed by atoms with E-state index in [1.807, 2.05) is 52.8 Å². The van der Waals surface area contributed by atoms with Gasteiger partial charge in [-0.2, -0.15) is 0 Å². The van der Waals surface area contributed by atoms with Gasteiger partial charge in [-0.25, -0.2) is 4.79 Å². The van der Waals surface area contributed by atoms with E-state index in [-0.39, 0.29) is 36.9 Å². The Balaban J connectivity index is 1.76. The van der Waals surface area contributed by atoms with Crippen molar-refractivity contribution in [3.05, 3.63) is 36.0 Å². The summed E-state index contributed by atoms with van der Waals surface area (Å²) in [5.74, 6) is -0.832. The van der Waals surface area contributed by atoms with Gasteiger partial charge in [0.25, 0.3) is 0 Å². The van der Waals surface area contributed by atoms with Gasteiger partial charge in [-0.1, -0.05) is 52.0 Å². The summed E-state index contributed by atoms with van der Waals surface area (Å²) in [6.45, 7) is 17.2. The van der Waals surface area contributed by atoms with Crippen LogP contribution in [-0.2, 0) is 23.7 Å². The highest BCUT2D eigenvalue weighted by molar-refractivity contribution is 5.70. The van der Waals surface area contributed by atoms with Crippen LogP contribution in [0, 0.1) is 11.8 Å². The fourth-order valence-electron chi connectivity index (χ4n) is 6.66. The van der Waals surface area contributed by atoms with Crippen molar-refractivity contribution in [3.8, 4) is 0 Å². The zero-order valence-electron chi connectivity index (χ0n) is 30.5. The number of ether oxygens (including phenoxy) is 4. The third-order valence-corrected chi connectivity index (χ3v) is 10.2. The molecule has 11 heteroatoms. The summed E-state index contributed by atoms with van der Waals surface area (Å²) in [5.41, 5.74) is -1.34. The van der Waals surface area contributed by atoms with Gasteiger partial charge in [0, 0.05) is 51.5 Å². The summed E-state index contributed by atoms with van der Waals surface area (Å²) in [6, 6.07) is 0. The van der Waals surface area contributed by atoms with Crippen molar-refractivity contribution in [3.63, 3.8) is 0 Å². The van der Waals surface area contributed by atoms with Crippen LogP contribution in [0.25, 0.3) is 0 Å². The van der Waals surface area contributed by atoms with Gasteiger partial charge in [-0.05, 0) is 64.6 Å². The molecule has 0 radical (unpaired) electrons. The molecule has 0 saturated carbocycles. The molecule has 2 fully saturated rings. The number of rotatable bonds is 12. The van der Waals surface area contributed by atoms with E-state index in [0.29, 0.717) is 32.4 Å². The number of methoxy groups -OCH3 is 1. The fraction of sp³-hybridized carbons (Fsp3) is 0.784. The minimum Gasteiger partial charge on any atom is -0.457 e. The number of aliphatic hydroxyl groups excluding tert-OH is 2. The molecule has 0 aromatic carbocycles. The second-order valence-corrected chi connectivity index (χ2v) is 14.5. The number of nitrogens with zero attached hydrogens (tertiary/aromatic N) is 2. The van der Waals surface area contributed by atoms with E-state index >= 15 is 0 Å². The van der Waals surface area contributed by atoms with E-state index in [0.717, 1.165) is 31.6 Å². The molecule has 48 heavy (non-hydrogen) atoms. The summed E-state index contributed by atoms with van der Waals surface area (Å²) < 4.78 is 23.7. The van der Waals surface area contributed by atoms with Crippen LogP contribution < -0.4 is 0 Å². The maximum absolute atomic E-state index is 13.4. The van der Waals surface area contributed by atoms with Crippen LogP contribution in [0.15, 0.2) is 36.0 Å². The molecule has 0 aromatic heterocycles. The highest BCUT2D eigenvalue weighted by Crippen LogP contribution is 2.37. The van der Waals surface area contributed by atoms with Gasteiger partial charge in [-0.15, -0.1) is 0 Å². The molecule has 3 heterocycles. The molecular weight excluding hydrogens is 616 g/mol. The number of aliphatic hydroxyl groups is 3. The zero-order chi connectivity index (χ0) is 35.6. The molecule has 3 rings (SSSR count). The molecule has 2 saturated heterocycles. The van der Waals surface area contributed by atoms with Crippen LogP contribution in [0.4, 0.5) is 4.79 Å². The van der Waals surface area contributed by atoms with Crippen LogP contribution in [0.5, 0.6) is 0 Å². The van der Waals surface area contributed by atoms with Crippen LogP contribution in [0.3, 0.4) is 0 Å². The second-order valence-electron chi connectivity index (χ2n) is 14.5. The molecule has 0 aromatic rings. The molecule has 10 atom stereocenters. The van der Waals surface area contributed by atoms with Gasteiger partial charge in [0.15, 0.2) is 6.10 Å². The highest BCUT2D eigenvalue weighted by atomic mass is 16.6. The maximum Gasteiger partial charge on any atom is 0.410 e. The molecule has 0 aliphatic carbocycles. The lowest BCUT2D eigenvalue weighted by Crippen LogP contribution is -2.51. The van der Waals surface area contributed by atoms with Crippen molar-refractivity contribution in [1.29, 1.82) is 0 Å². The van der Waals surface area contributed by atoms with E-state index in [4.69, 9.17) is 18.9 Å².